The summed E-state index contributed by atoms with van der Waals surface area (Å²) in [5.41, 5.74) is 0. The summed E-state index contributed by atoms with van der Waals surface area (Å²) in [6.45, 7) is 8.30. The molecule has 0 heterocycles. The van der Waals surface area contributed by atoms with E-state index in [1.165, 1.54) is 18.9 Å². The Morgan fingerprint density at radius 1 is 1.54 bits per heavy atom. The SMILES string of the molecule is C=CC(=O)OCCCC[C@H](C)CC. The molecule has 0 aromatic rings. The molecule has 2 nitrogen and oxygen atoms in total. The molecule has 2 heteroatoms. The molecule has 0 aliphatic rings. The number of carbonyl (C=O) groups is 1. The van der Waals surface area contributed by atoms with Gasteiger partial charge in [-0.05, 0) is 18.8 Å². The van der Waals surface area contributed by atoms with E-state index in [1.807, 2.05) is 0 Å². The van der Waals surface area contributed by atoms with Crippen LogP contribution in [0.15, 0.2) is 12.7 Å². The molecule has 76 valence electrons. The van der Waals surface area contributed by atoms with Crippen LogP contribution in [0.5, 0.6) is 0 Å². The maximum Gasteiger partial charge on any atom is 0.330 e. The maximum atomic E-state index is 10.6. The second-order valence-electron chi connectivity index (χ2n) is 3.38. The number of carbonyl (C=O) groups excluding carboxylic acids is 1. The van der Waals surface area contributed by atoms with E-state index in [2.05, 4.69) is 20.4 Å². The topological polar surface area (TPSA) is 26.3 Å². The van der Waals surface area contributed by atoms with E-state index in [4.69, 9.17) is 4.74 Å². The summed E-state index contributed by atoms with van der Waals surface area (Å²) in [6.07, 6.45) is 5.76. The summed E-state index contributed by atoms with van der Waals surface area (Å²) in [7, 11) is 0. The Balaban J connectivity index is 3.17. The van der Waals surface area contributed by atoms with Gasteiger partial charge in [0.1, 0.15) is 0 Å². The molecule has 0 aliphatic heterocycles. The zero-order chi connectivity index (χ0) is 10.1. The average molecular weight is 184 g/mol. The minimum absolute atomic E-state index is 0.316. The van der Waals surface area contributed by atoms with Gasteiger partial charge in [0.05, 0.1) is 6.61 Å². The molecule has 0 radical (unpaired) electrons. The fraction of sp³-hybridized carbons (Fsp3) is 0.727. The van der Waals surface area contributed by atoms with Gasteiger partial charge in [0, 0.05) is 6.08 Å². The van der Waals surface area contributed by atoms with Crippen LogP contribution in [0.1, 0.15) is 39.5 Å². The number of rotatable bonds is 7. The predicted molar refractivity (Wildman–Crippen MR) is 54.5 cm³/mol. The summed E-state index contributed by atoms with van der Waals surface area (Å²) in [5.74, 6) is 0.471. The Morgan fingerprint density at radius 2 is 2.23 bits per heavy atom. The molecular formula is C11H20O2. The van der Waals surface area contributed by atoms with Gasteiger partial charge in [-0.2, -0.15) is 0 Å². The van der Waals surface area contributed by atoms with Crippen LogP contribution >= 0.6 is 0 Å². The normalized spacial score (nSPS) is 12.2. The van der Waals surface area contributed by atoms with Crippen LogP contribution < -0.4 is 0 Å². The zero-order valence-corrected chi connectivity index (χ0v) is 8.71. The van der Waals surface area contributed by atoms with Crippen LogP contribution in [0.2, 0.25) is 0 Å². The van der Waals surface area contributed by atoms with Gasteiger partial charge in [-0.15, -0.1) is 0 Å². The third-order valence-electron chi connectivity index (χ3n) is 2.20. The molecule has 0 saturated carbocycles. The van der Waals surface area contributed by atoms with Crippen molar-refractivity contribution >= 4 is 5.97 Å². The second kappa shape index (κ2) is 7.84. The van der Waals surface area contributed by atoms with Gasteiger partial charge in [-0.3, -0.25) is 0 Å². The molecule has 0 aromatic carbocycles. The van der Waals surface area contributed by atoms with Gasteiger partial charge >= 0.3 is 5.97 Å². The van der Waals surface area contributed by atoms with Crippen molar-refractivity contribution in [2.24, 2.45) is 5.92 Å². The first kappa shape index (κ1) is 12.2. The van der Waals surface area contributed by atoms with Crippen molar-refractivity contribution in [3.63, 3.8) is 0 Å². The first-order valence-electron chi connectivity index (χ1n) is 4.99. The molecule has 0 N–H and O–H groups in total. The first-order chi connectivity index (χ1) is 6.20. The van der Waals surface area contributed by atoms with E-state index < -0.39 is 0 Å². The van der Waals surface area contributed by atoms with Crippen molar-refractivity contribution in [2.45, 2.75) is 39.5 Å². The standard InChI is InChI=1S/C11H20O2/c1-4-10(3)8-6-7-9-13-11(12)5-2/h5,10H,2,4,6-9H2,1,3H3/t10-/m1/s1. The van der Waals surface area contributed by atoms with E-state index in [1.54, 1.807) is 0 Å². The molecule has 0 aliphatic carbocycles. The number of hydrogen-bond acceptors (Lipinski definition) is 2. The molecule has 0 unspecified atom stereocenters. The van der Waals surface area contributed by atoms with Crippen LogP contribution in [-0.2, 0) is 9.53 Å². The largest absolute Gasteiger partial charge is 0.463 e. The van der Waals surface area contributed by atoms with Crippen molar-refractivity contribution in [1.29, 1.82) is 0 Å². The minimum Gasteiger partial charge on any atom is -0.463 e. The summed E-state index contributed by atoms with van der Waals surface area (Å²) in [6, 6.07) is 0. The molecule has 13 heavy (non-hydrogen) atoms. The van der Waals surface area contributed by atoms with E-state index in [-0.39, 0.29) is 5.97 Å². The van der Waals surface area contributed by atoms with E-state index in [0.29, 0.717) is 6.61 Å². The van der Waals surface area contributed by atoms with Gasteiger partial charge < -0.3 is 4.74 Å². The molecule has 0 spiro atoms. The highest BCUT2D eigenvalue weighted by Gasteiger charge is 1.99. The van der Waals surface area contributed by atoms with E-state index >= 15 is 0 Å². The average Bonchev–Trinajstić information content (AvgIpc) is 2.16. The lowest BCUT2D eigenvalue weighted by atomic mass is 10.0. The van der Waals surface area contributed by atoms with Crippen molar-refractivity contribution < 1.29 is 9.53 Å². The fourth-order valence-electron chi connectivity index (χ4n) is 1.03. The summed E-state index contributed by atoms with van der Waals surface area (Å²) in [5, 5.41) is 0. The van der Waals surface area contributed by atoms with Crippen molar-refractivity contribution in [1.82, 2.24) is 0 Å². The van der Waals surface area contributed by atoms with Gasteiger partial charge in [0.2, 0.25) is 0 Å². The third-order valence-corrected chi connectivity index (χ3v) is 2.20. The lowest BCUT2D eigenvalue weighted by Gasteiger charge is -2.07. The third kappa shape index (κ3) is 7.57. The van der Waals surface area contributed by atoms with Gasteiger partial charge in [0.25, 0.3) is 0 Å². The summed E-state index contributed by atoms with van der Waals surface area (Å²) >= 11 is 0. The maximum absolute atomic E-state index is 10.6. The quantitative estimate of drug-likeness (QED) is 0.345. The van der Waals surface area contributed by atoms with Crippen LogP contribution in [0.4, 0.5) is 0 Å². The van der Waals surface area contributed by atoms with Gasteiger partial charge in [-0.25, -0.2) is 4.79 Å². The second-order valence-corrected chi connectivity index (χ2v) is 3.38. The lowest BCUT2D eigenvalue weighted by molar-refractivity contribution is -0.137. The van der Waals surface area contributed by atoms with Gasteiger partial charge in [0.15, 0.2) is 0 Å². The smallest absolute Gasteiger partial charge is 0.330 e. The Labute approximate surface area is 81.0 Å². The molecule has 1 atom stereocenters. The van der Waals surface area contributed by atoms with Crippen molar-refractivity contribution in [3.8, 4) is 0 Å². The minimum atomic E-state index is -0.316. The molecule has 0 aromatic heterocycles. The first-order valence-corrected chi connectivity index (χ1v) is 4.99. The Bertz CT molecular complexity index is 152. The monoisotopic (exact) mass is 184 g/mol. The molecule has 0 amide bonds. The van der Waals surface area contributed by atoms with Crippen LogP contribution in [0, 0.1) is 5.92 Å². The van der Waals surface area contributed by atoms with Crippen molar-refractivity contribution in [2.75, 3.05) is 6.61 Å². The molecular weight excluding hydrogens is 164 g/mol. The van der Waals surface area contributed by atoms with Crippen LogP contribution in [-0.4, -0.2) is 12.6 Å². The van der Waals surface area contributed by atoms with Crippen LogP contribution in [0.25, 0.3) is 0 Å². The highest BCUT2D eigenvalue weighted by atomic mass is 16.5. The van der Waals surface area contributed by atoms with E-state index in [0.717, 1.165) is 18.8 Å². The van der Waals surface area contributed by atoms with Crippen LogP contribution in [0.3, 0.4) is 0 Å². The number of unbranched alkanes of at least 4 members (excludes halogenated alkanes) is 1. The van der Waals surface area contributed by atoms with Gasteiger partial charge in [-0.1, -0.05) is 33.3 Å². The molecule has 0 bridgehead atoms. The number of esters is 1. The Kier molecular flexibility index (Phi) is 7.36. The predicted octanol–water partition coefficient (Wildman–Crippen LogP) is 2.93. The summed E-state index contributed by atoms with van der Waals surface area (Å²) in [4.78, 5) is 10.6. The fourth-order valence-corrected chi connectivity index (χ4v) is 1.03. The van der Waals surface area contributed by atoms with E-state index in [9.17, 15) is 4.79 Å². The molecule has 0 saturated heterocycles. The highest BCUT2D eigenvalue weighted by Crippen LogP contribution is 2.10. The summed E-state index contributed by atoms with van der Waals surface area (Å²) < 4.78 is 4.85. The lowest BCUT2D eigenvalue weighted by Crippen LogP contribution is -2.02. The highest BCUT2D eigenvalue weighted by molar-refractivity contribution is 5.81. The number of ether oxygens (including phenoxy) is 1. The number of hydrogen-bond donors (Lipinski definition) is 0. The Hall–Kier alpha value is -0.790. The molecule has 0 rings (SSSR count). The molecule has 0 fully saturated rings. The van der Waals surface area contributed by atoms with Crippen molar-refractivity contribution in [3.05, 3.63) is 12.7 Å². The zero-order valence-electron chi connectivity index (χ0n) is 8.71. The Morgan fingerprint density at radius 3 is 2.77 bits per heavy atom.